The summed E-state index contributed by atoms with van der Waals surface area (Å²) >= 11 is 3.09. The van der Waals surface area contributed by atoms with E-state index in [9.17, 15) is 0 Å². The number of nitrogens with zero attached hydrogens (tertiary/aromatic N) is 5. The Morgan fingerprint density at radius 2 is 2.15 bits per heavy atom. The van der Waals surface area contributed by atoms with E-state index < -0.39 is 0 Å². The van der Waals surface area contributed by atoms with Crippen molar-refractivity contribution in [3.63, 3.8) is 0 Å². The van der Waals surface area contributed by atoms with E-state index in [2.05, 4.69) is 33.3 Å². The quantitative estimate of drug-likeness (QED) is 0.569. The van der Waals surface area contributed by atoms with Crippen LogP contribution in [0.5, 0.6) is 0 Å². The Morgan fingerprint density at radius 1 is 1.25 bits per heavy atom. The van der Waals surface area contributed by atoms with Crippen molar-refractivity contribution < 1.29 is 4.42 Å². The molecule has 0 unspecified atom stereocenters. The average Bonchev–Trinajstić information content (AvgIpc) is 3.12. The second kappa shape index (κ2) is 4.22. The van der Waals surface area contributed by atoms with E-state index in [-0.39, 0.29) is 0 Å². The van der Waals surface area contributed by atoms with Gasteiger partial charge in [0.1, 0.15) is 12.0 Å². The third-order valence-electron chi connectivity index (χ3n) is 2.89. The van der Waals surface area contributed by atoms with E-state index >= 15 is 0 Å². The summed E-state index contributed by atoms with van der Waals surface area (Å²) in [5.41, 5.74) is 1.91. The normalized spacial score (nSPS) is 11.5. The molecular formula is C12H9N5OS2. The van der Waals surface area contributed by atoms with Crippen LogP contribution >= 0.6 is 22.7 Å². The van der Waals surface area contributed by atoms with Gasteiger partial charge in [0.2, 0.25) is 4.96 Å². The molecule has 0 saturated heterocycles. The molecule has 0 fully saturated rings. The molecule has 0 aliphatic heterocycles. The number of thiophene rings is 1. The zero-order chi connectivity index (χ0) is 13.7. The molecule has 0 aliphatic carbocycles. The van der Waals surface area contributed by atoms with E-state index in [4.69, 9.17) is 4.42 Å². The summed E-state index contributed by atoms with van der Waals surface area (Å²) in [4.78, 5) is 6.13. The fourth-order valence-corrected chi connectivity index (χ4v) is 3.61. The molecule has 0 spiro atoms. The van der Waals surface area contributed by atoms with Crippen LogP contribution in [0.2, 0.25) is 0 Å². The van der Waals surface area contributed by atoms with Gasteiger partial charge in [0.25, 0.3) is 0 Å². The Morgan fingerprint density at radius 3 is 2.85 bits per heavy atom. The second-order valence-corrected chi connectivity index (χ2v) is 6.18. The van der Waals surface area contributed by atoms with Gasteiger partial charge in [-0.05, 0) is 23.9 Å². The maximum absolute atomic E-state index is 5.23. The summed E-state index contributed by atoms with van der Waals surface area (Å²) < 4.78 is 6.99. The zero-order valence-electron chi connectivity index (χ0n) is 10.7. The molecule has 0 aromatic carbocycles. The SMILES string of the molecule is Cc1nc(-c2nn3c(-c4sccc4C)nnc3s2)co1. The lowest BCUT2D eigenvalue weighted by Crippen LogP contribution is -1.90. The summed E-state index contributed by atoms with van der Waals surface area (Å²) in [6, 6.07) is 2.06. The highest BCUT2D eigenvalue weighted by Gasteiger charge is 2.17. The summed E-state index contributed by atoms with van der Waals surface area (Å²) in [6.45, 7) is 3.87. The summed E-state index contributed by atoms with van der Waals surface area (Å²) in [6.07, 6.45) is 1.61. The molecule has 4 heterocycles. The monoisotopic (exact) mass is 303 g/mol. The van der Waals surface area contributed by atoms with Crippen molar-refractivity contribution in [2.24, 2.45) is 0 Å². The molecule has 0 aliphatic rings. The highest BCUT2D eigenvalue weighted by Crippen LogP contribution is 2.31. The Hall–Kier alpha value is -2.06. The summed E-state index contributed by atoms with van der Waals surface area (Å²) in [7, 11) is 0. The predicted octanol–water partition coefficient (Wildman–Crippen LogP) is 3.19. The van der Waals surface area contributed by atoms with Crippen molar-refractivity contribution in [2.75, 3.05) is 0 Å². The first-order valence-electron chi connectivity index (χ1n) is 5.91. The average molecular weight is 303 g/mol. The number of rotatable bonds is 2. The number of hydrogen-bond donors (Lipinski definition) is 0. The second-order valence-electron chi connectivity index (χ2n) is 4.31. The van der Waals surface area contributed by atoms with Crippen LogP contribution in [0.1, 0.15) is 11.5 Å². The fraction of sp³-hybridized carbons (Fsp3) is 0.167. The van der Waals surface area contributed by atoms with Gasteiger partial charge >= 0.3 is 0 Å². The van der Waals surface area contributed by atoms with Gasteiger partial charge in [-0.3, -0.25) is 0 Å². The van der Waals surface area contributed by atoms with Crippen molar-refractivity contribution in [1.29, 1.82) is 0 Å². The number of aryl methyl sites for hydroxylation is 2. The van der Waals surface area contributed by atoms with Crippen LogP contribution in [0.3, 0.4) is 0 Å². The lowest BCUT2D eigenvalue weighted by Gasteiger charge is -1.93. The van der Waals surface area contributed by atoms with Gasteiger partial charge in [0.05, 0.1) is 4.88 Å². The maximum atomic E-state index is 5.23. The molecule has 20 heavy (non-hydrogen) atoms. The molecular weight excluding hydrogens is 294 g/mol. The van der Waals surface area contributed by atoms with Crippen LogP contribution in [0.4, 0.5) is 0 Å². The van der Waals surface area contributed by atoms with Crippen molar-refractivity contribution in [1.82, 2.24) is 24.8 Å². The zero-order valence-corrected chi connectivity index (χ0v) is 12.3. The lowest BCUT2D eigenvalue weighted by atomic mass is 10.3. The van der Waals surface area contributed by atoms with E-state index in [0.717, 1.165) is 26.4 Å². The molecule has 4 rings (SSSR count). The van der Waals surface area contributed by atoms with E-state index in [1.165, 1.54) is 16.9 Å². The third kappa shape index (κ3) is 1.69. The van der Waals surface area contributed by atoms with E-state index in [1.54, 1.807) is 22.1 Å². The summed E-state index contributed by atoms with van der Waals surface area (Å²) in [5.74, 6) is 1.40. The molecule has 0 saturated carbocycles. The van der Waals surface area contributed by atoms with Crippen molar-refractivity contribution in [2.45, 2.75) is 13.8 Å². The highest BCUT2D eigenvalue weighted by atomic mass is 32.1. The Balaban J connectivity index is 1.89. The van der Waals surface area contributed by atoms with E-state index in [0.29, 0.717) is 5.89 Å². The Labute approximate surface area is 121 Å². The number of aromatic nitrogens is 5. The van der Waals surface area contributed by atoms with E-state index in [1.807, 2.05) is 12.3 Å². The van der Waals surface area contributed by atoms with Crippen LogP contribution in [-0.4, -0.2) is 24.8 Å². The minimum atomic E-state index is 0.625. The first-order valence-corrected chi connectivity index (χ1v) is 7.61. The molecule has 4 aromatic heterocycles. The van der Waals surface area contributed by atoms with Gasteiger partial charge in [-0.15, -0.1) is 21.5 Å². The van der Waals surface area contributed by atoms with Crippen LogP contribution in [0.15, 0.2) is 22.1 Å². The molecule has 100 valence electrons. The minimum absolute atomic E-state index is 0.625. The van der Waals surface area contributed by atoms with Crippen LogP contribution in [0, 0.1) is 13.8 Å². The highest BCUT2D eigenvalue weighted by molar-refractivity contribution is 7.19. The van der Waals surface area contributed by atoms with Gasteiger partial charge in [0.15, 0.2) is 16.7 Å². The van der Waals surface area contributed by atoms with Gasteiger partial charge in [-0.25, -0.2) is 4.98 Å². The van der Waals surface area contributed by atoms with Gasteiger partial charge in [-0.2, -0.15) is 9.61 Å². The van der Waals surface area contributed by atoms with Crippen molar-refractivity contribution in [3.05, 3.63) is 29.2 Å². The lowest BCUT2D eigenvalue weighted by molar-refractivity contribution is 0.521. The maximum Gasteiger partial charge on any atom is 0.235 e. The Kier molecular flexibility index (Phi) is 2.48. The molecule has 0 radical (unpaired) electrons. The van der Waals surface area contributed by atoms with Crippen molar-refractivity contribution in [3.8, 4) is 21.4 Å². The van der Waals surface area contributed by atoms with Gasteiger partial charge in [-0.1, -0.05) is 11.3 Å². The molecule has 0 N–H and O–H groups in total. The molecule has 6 nitrogen and oxygen atoms in total. The molecule has 8 heteroatoms. The van der Waals surface area contributed by atoms with Crippen molar-refractivity contribution >= 4 is 27.6 Å². The topological polar surface area (TPSA) is 69.1 Å². The first kappa shape index (κ1) is 11.7. The predicted molar refractivity (Wildman–Crippen MR) is 76.9 cm³/mol. The van der Waals surface area contributed by atoms with Crippen LogP contribution in [-0.2, 0) is 0 Å². The molecule has 0 amide bonds. The van der Waals surface area contributed by atoms with Crippen LogP contribution in [0.25, 0.3) is 26.4 Å². The standard InChI is InChI=1S/C12H9N5OS2/c1-6-3-4-19-9(6)10-14-15-12-17(10)16-11(20-12)8-5-18-7(2)13-8/h3-5H,1-2H3. The smallest absolute Gasteiger partial charge is 0.235 e. The Bertz CT molecular complexity index is 900. The minimum Gasteiger partial charge on any atom is -0.449 e. The fourth-order valence-electron chi connectivity index (χ4n) is 1.93. The van der Waals surface area contributed by atoms with Gasteiger partial charge in [0, 0.05) is 6.92 Å². The first-order chi connectivity index (χ1) is 9.72. The van der Waals surface area contributed by atoms with Gasteiger partial charge < -0.3 is 4.42 Å². The largest absolute Gasteiger partial charge is 0.449 e. The number of fused-ring (bicyclic) bond motifs is 1. The molecule has 0 atom stereocenters. The number of hydrogen-bond acceptors (Lipinski definition) is 7. The summed E-state index contributed by atoms with van der Waals surface area (Å²) in [5, 5.41) is 15.8. The van der Waals surface area contributed by atoms with Crippen LogP contribution < -0.4 is 0 Å². The third-order valence-corrected chi connectivity index (χ3v) is 4.83. The molecule has 4 aromatic rings. The number of oxazole rings is 1. The molecule has 0 bridgehead atoms.